The van der Waals surface area contributed by atoms with E-state index in [0.29, 0.717) is 55.4 Å². The number of nitrogens with zero attached hydrogens (tertiary/aromatic N) is 5. The van der Waals surface area contributed by atoms with Crippen molar-refractivity contribution in [2.45, 2.75) is 39.0 Å². The summed E-state index contributed by atoms with van der Waals surface area (Å²) in [6, 6.07) is 16.9. The van der Waals surface area contributed by atoms with Crippen LogP contribution in [0, 0.1) is 11.6 Å². The third-order valence-corrected chi connectivity index (χ3v) is 7.82. The van der Waals surface area contributed by atoms with Gasteiger partial charge in [0.25, 0.3) is 5.56 Å². The second-order valence-corrected chi connectivity index (χ2v) is 10.8. The number of halogens is 3. The molecule has 0 unspecified atom stereocenters. The highest BCUT2D eigenvalue weighted by molar-refractivity contribution is 6.30. The van der Waals surface area contributed by atoms with Crippen LogP contribution in [0.2, 0.25) is 5.02 Å². The minimum Gasteiger partial charge on any atom is -0.304 e. The van der Waals surface area contributed by atoms with Gasteiger partial charge in [-0.3, -0.25) is 23.8 Å². The molecule has 2 aromatic heterocycles. The first kappa shape index (κ1) is 28.9. The van der Waals surface area contributed by atoms with Crippen LogP contribution in [-0.2, 0) is 39.0 Å². The van der Waals surface area contributed by atoms with Crippen molar-refractivity contribution in [3.8, 4) is 0 Å². The summed E-state index contributed by atoms with van der Waals surface area (Å²) >= 11 is 6.03. The summed E-state index contributed by atoms with van der Waals surface area (Å²) in [5.41, 5.74) is 1.93. The Morgan fingerprint density at radius 3 is 2.39 bits per heavy atom. The van der Waals surface area contributed by atoms with Crippen LogP contribution >= 0.6 is 11.6 Å². The molecule has 10 heteroatoms. The number of aromatic nitrogens is 3. The highest BCUT2D eigenvalue weighted by Gasteiger charge is 2.26. The number of hydrogen-bond acceptors (Lipinski definition) is 5. The van der Waals surface area contributed by atoms with Crippen LogP contribution in [0.1, 0.15) is 28.1 Å². The molecule has 0 saturated heterocycles. The maximum Gasteiger partial charge on any atom is 0.331 e. The predicted molar refractivity (Wildman–Crippen MR) is 155 cm³/mol. The summed E-state index contributed by atoms with van der Waals surface area (Å²) in [6.45, 7) is 2.53. The summed E-state index contributed by atoms with van der Waals surface area (Å²) in [7, 11) is 1.92. The van der Waals surface area contributed by atoms with E-state index in [0.717, 1.165) is 17.7 Å². The Hall–Kier alpha value is -3.66. The van der Waals surface area contributed by atoms with Crippen molar-refractivity contribution >= 4 is 11.6 Å². The lowest BCUT2D eigenvalue weighted by molar-refractivity contribution is 0.235. The fraction of sp³-hybridized carbons (Fsp3) is 0.323. The quantitative estimate of drug-likeness (QED) is 0.283. The third kappa shape index (κ3) is 6.81. The minimum absolute atomic E-state index is 0.153. The van der Waals surface area contributed by atoms with Gasteiger partial charge in [0.15, 0.2) is 0 Å². The van der Waals surface area contributed by atoms with Crippen LogP contribution < -0.4 is 11.2 Å². The number of rotatable bonds is 10. The Morgan fingerprint density at radius 2 is 1.68 bits per heavy atom. The van der Waals surface area contributed by atoms with Crippen LogP contribution in [0.25, 0.3) is 0 Å². The lowest BCUT2D eigenvalue weighted by Crippen LogP contribution is -2.49. The molecule has 5 rings (SSSR count). The smallest absolute Gasteiger partial charge is 0.304 e. The maximum atomic E-state index is 14.6. The second kappa shape index (κ2) is 12.9. The maximum absolute atomic E-state index is 14.6. The van der Waals surface area contributed by atoms with Gasteiger partial charge in [0.05, 0.1) is 12.1 Å². The van der Waals surface area contributed by atoms with Gasteiger partial charge in [-0.15, -0.1) is 0 Å². The van der Waals surface area contributed by atoms with E-state index in [1.165, 1.54) is 27.3 Å². The SMILES string of the molecule is CN(CCc1ccccn1)CCn1c(=O)c2c(n(Cc3c(F)cccc3F)c1=O)CCN(Cc1ccc(Cl)cc1)C2. The van der Waals surface area contributed by atoms with Gasteiger partial charge in [0.2, 0.25) is 0 Å². The number of hydrogen-bond donors (Lipinski definition) is 0. The molecular weight excluding hydrogens is 548 g/mol. The monoisotopic (exact) mass is 579 g/mol. The van der Waals surface area contributed by atoms with Crippen molar-refractivity contribution < 1.29 is 8.78 Å². The molecule has 1 aliphatic heterocycles. The van der Waals surface area contributed by atoms with Gasteiger partial charge >= 0.3 is 5.69 Å². The average Bonchev–Trinajstić information content (AvgIpc) is 2.97. The largest absolute Gasteiger partial charge is 0.331 e. The normalized spacial score (nSPS) is 13.5. The highest BCUT2D eigenvalue weighted by atomic mass is 35.5. The van der Waals surface area contributed by atoms with E-state index >= 15 is 0 Å². The predicted octanol–water partition coefficient (Wildman–Crippen LogP) is 4.12. The van der Waals surface area contributed by atoms with Crippen molar-refractivity contribution in [1.29, 1.82) is 0 Å². The second-order valence-electron chi connectivity index (χ2n) is 10.4. The molecule has 0 spiro atoms. The molecule has 41 heavy (non-hydrogen) atoms. The number of pyridine rings is 1. The van der Waals surface area contributed by atoms with E-state index in [4.69, 9.17) is 11.6 Å². The summed E-state index contributed by atoms with van der Waals surface area (Å²) < 4.78 is 31.9. The molecule has 0 saturated carbocycles. The molecule has 0 fully saturated rings. The molecule has 0 amide bonds. The van der Waals surface area contributed by atoms with E-state index in [-0.39, 0.29) is 24.2 Å². The molecule has 3 heterocycles. The van der Waals surface area contributed by atoms with Crippen molar-refractivity contribution in [3.05, 3.63) is 132 Å². The third-order valence-electron chi connectivity index (χ3n) is 7.56. The summed E-state index contributed by atoms with van der Waals surface area (Å²) in [5.74, 6) is -1.45. The zero-order valence-electron chi connectivity index (χ0n) is 22.9. The fourth-order valence-electron chi connectivity index (χ4n) is 5.23. The first-order chi connectivity index (χ1) is 19.8. The van der Waals surface area contributed by atoms with Gasteiger partial charge in [-0.25, -0.2) is 13.6 Å². The van der Waals surface area contributed by atoms with Crippen molar-refractivity contribution in [2.75, 3.05) is 26.7 Å². The lowest BCUT2D eigenvalue weighted by atomic mass is 10.0. The van der Waals surface area contributed by atoms with Gasteiger partial charge in [-0.2, -0.15) is 0 Å². The Morgan fingerprint density at radius 1 is 0.927 bits per heavy atom. The molecule has 1 aliphatic rings. The zero-order valence-corrected chi connectivity index (χ0v) is 23.7. The van der Waals surface area contributed by atoms with Gasteiger partial charge in [-0.1, -0.05) is 35.9 Å². The Kier molecular flexibility index (Phi) is 9.07. The minimum atomic E-state index is -0.724. The van der Waals surface area contributed by atoms with Crippen LogP contribution in [0.3, 0.4) is 0 Å². The van der Waals surface area contributed by atoms with Gasteiger partial charge in [0.1, 0.15) is 11.6 Å². The van der Waals surface area contributed by atoms with Crippen LogP contribution in [0.4, 0.5) is 8.78 Å². The number of benzene rings is 2. The molecular formula is C31H32ClF2N5O2. The van der Waals surface area contributed by atoms with E-state index < -0.39 is 17.3 Å². The number of fused-ring (bicyclic) bond motifs is 1. The highest BCUT2D eigenvalue weighted by Crippen LogP contribution is 2.21. The van der Waals surface area contributed by atoms with Gasteiger partial charge < -0.3 is 4.90 Å². The average molecular weight is 580 g/mol. The van der Waals surface area contributed by atoms with Crippen LogP contribution in [0.15, 0.2) is 76.4 Å². The molecule has 4 aromatic rings. The van der Waals surface area contributed by atoms with Crippen molar-refractivity contribution in [1.82, 2.24) is 23.9 Å². The van der Waals surface area contributed by atoms with Crippen molar-refractivity contribution in [3.63, 3.8) is 0 Å². The van der Waals surface area contributed by atoms with Crippen molar-refractivity contribution in [2.24, 2.45) is 0 Å². The molecule has 7 nitrogen and oxygen atoms in total. The molecule has 0 bridgehead atoms. The molecule has 0 aliphatic carbocycles. The number of likely N-dealkylation sites (N-methyl/N-ethyl adjacent to an activating group) is 1. The van der Waals surface area contributed by atoms with Crippen LogP contribution in [0.5, 0.6) is 0 Å². The summed E-state index contributed by atoms with van der Waals surface area (Å²) in [4.78, 5) is 36.0. The lowest BCUT2D eigenvalue weighted by Gasteiger charge is -2.31. The summed E-state index contributed by atoms with van der Waals surface area (Å²) in [6.07, 6.45) is 2.89. The molecule has 0 radical (unpaired) electrons. The summed E-state index contributed by atoms with van der Waals surface area (Å²) in [5, 5.41) is 0.648. The molecule has 0 atom stereocenters. The molecule has 0 N–H and O–H groups in total. The van der Waals surface area contributed by atoms with E-state index in [1.54, 1.807) is 6.20 Å². The standard InChI is InChI=1S/C31H32ClF2N5O2/c1-36(15-12-24-5-2-3-14-35-24)17-18-38-30(40)26-20-37(19-22-8-10-23(32)11-9-22)16-13-29(26)39(31(38)41)21-25-27(33)6-4-7-28(25)34/h2-11,14H,12-13,15-21H2,1H3. The topological polar surface area (TPSA) is 63.4 Å². The van der Waals surface area contributed by atoms with E-state index in [9.17, 15) is 18.4 Å². The van der Waals surface area contributed by atoms with Gasteiger partial charge in [0, 0.05) is 80.3 Å². The zero-order chi connectivity index (χ0) is 28.9. The Labute approximate surface area is 242 Å². The molecule has 2 aromatic carbocycles. The first-order valence-corrected chi connectivity index (χ1v) is 14.0. The van der Waals surface area contributed by atoms with E-state index in [2.05, 4.69) is 9.88 Å². The van der Waals surface area contributed by atoms with Gasteiger partial charge in [-0.05, 0) is 49.0 Å². The van der Waals surface area contributed by atoms with Crippen LogP contribution in [-0.4, -0.2) is 50.6 Å². The first-order valence-electron chi connectivity index (χ1n) is 13.6. The Balaban J connectivity index is 1.44. The Bertz CT molecular complexity index is 1600. The fourth-order valence-corrected chi connectivity index (χ4v) is 5.35. The molecule has 214 valence electrons. The van der Waals surface area contributed by atoms with E-state index in [1.807, 2.05) is 54.4 Å².